The van der Waals surface area contributed by atoms with Crippen molar-refractivity contribution in [3.63, 3.8) is 0 Å². The fourth-order valence-electron chi connectivity index (χ4n) is 3.89. The molecule has 0 bridgehead atoms. The molecule has 0 radical (unpaired) electrons. The number of rotatable bonds is 14. The maximum absolute atomic E-state index is 9.81. The Morgan fingerprint density at radius 1 is 0.771 bits per heavy atom. The molecule has 0 aromatic heterocycles. The lowest BCUT2D eigenvalue weighted by Crippen LogP contribution is -2.28. The van der Waals surface area contributed by atoms with Gasteiger partial charge in [-0.1, -0.05) is 61.5 Å². The number of benzene rings is 3. The number of phenolic OH excluding ortho intramolecular Hbond substituents is 1. The van der Waals surface area contributed by atoms with Gasteiger partial charge in [0.15, 0.2) is 0 Å². The molecule has 0 amide bonds. The van der Waals surface area contributed by atoms with Crippen LogP contribution in [0.15, 0.2) is 78.9 Å². The van der Waals surface area contributed by atoms with Gasteiger partial charge in [0.1, 0.15) is 18.1 Å². The zero-order valence-corrected chi connectivity index (χ0v) is 20.7. The Morgan fingerprint density at radius 3 is 2.03 bits per heavy atom. The van der Waals surface area contributed by atoms with Gasteiger partial charge < -0.3 is 24.3 Å². The zero-order chi connectivity index (χ0) is 24.9. The molecule has 0 spiro atoms. The number of nitrogens with two attached hydrogens (primary N) is 1. The van der Waals surface area contributed by atoms with E-state index in [4.69, 9.17) is 15.4 Å². The Bertz CT molecular complexity index is 1030. The molecule has 3 rings (SSSR count). The average Bonchev–Trinajstić information content (AvgIpc) is 2.89. The standard InChI is InChI=1S/C29H36N2O4/c1-3-28(23-7-5-4-6-8-23)29(24-9-13-26(32)14-10-24)25-11-15-27(16-12-25)34-20-18-31(2)17-19-33-21-22-35-30/h4-16,32H,3,17-22,30H2,1-2H3/b29-28+. The fraction of sp³-hybridized carbons (Fsp3) is 0.310. The zero-order valence-electron chi connectivity index (χ0n) is 20.7. The van der Waals surface area contributed by atoms with Gasteiger partial charge in [0.05, 0.1) is 19.8 Å². The van der Waals surface area contributed by atoms with Gasteiger partial charge in [0.2, 0.25) is 0 Å². The van der Waals surface area contributed by atoms with Gasteiger partial charge in [-0.2, -0.15) is 0 Å². The predicted molar refractivity (Wildman–Crippen MR) is 141 cm³/mol. The smallest absolute Gasteiger partial charge is 0.119 e. The summed E-state index contributed by atoms with van der Waals surface area (Å²) in [7, 11) is 2.04. The van der Waals surface area contributed by atoms with Crippen molar-refractivity contribution in [2.45, 2.75) is 13.3 Å². The quantitative estimate of drug-likeness (QED) is 0.194. The van der Waals surface area contributed by atoms with E-state index in [0.29, 0.717) is 26.4 Å². The van der Waals surface area contributed by atoms with Crippen molar-refractivity contribution >= 4 is 11.1 Å². The highest BCUT2D eigenvalue weighted by Crippen LogP contribution is 2.35. The first-order valence-corrected chi connectivity index (χ1v) is 12.0. The summed E-state index contributed by atoms with van der Waals surface area (Å²) in [6.45, 7) is 5.90. The Labute approximate surface area is 208 Å². The highest BCUT2D eigenvalue weighted by atomic mass is 16.6. The summed E-state index contributed by atoms with van der Waals surface area (Å²) in [5.74, 6) is 6.08. The molecule has 0 unspecified atom stereocenters. The van der Waals surface area contributed by atoms with E-state index in [1.165, 1.54) is 11.1 Å². The van der Waals surface area contributed by atoms with Crippen molar-refractivity contribution in [1.29, 1.82) is 0 Å². The monoisotopic (exact) mass is 476 g/mol. The second-order valence-electron chi connectivity index (χ2n) is 8.28. The molecule has 3 aromatic rings. The molecule has 0 aliphatic carbocycles. The molecular weight excluding hydrogens is 440 g/mol. The van der Waals surface area contributed by atoms with Crippen molar-refractivity contribution < 1.29 is 19.4 Å². The summed E-state index contributed by atoms with van der Waals surface area (Å²) in [5.41, 5.74) is 5.79. The van der Waals surface area contributed by atoms with Crippen LogP contribution < -0.4 is 10.6 Å². The normalized spacial score (nSPS) is 12.0. The first kappa shape index (κ1) is 26.4. The van der Waals surface area contributed by atoms with Crippen LogP contribution in [0.5, 0.6) is 11.5 Å². The third kappa shape index (κ3) is 8.23. The van der Waals surface area contributed by atoms with Crippen LogP contribution in [-0.4, -0.2) is 56.6 Å². The Balaban J connectivity index is 1.70. The summed E-state index contributed by atoms with van der Waals surface area (Å²) < 4.78 is 11.4. The van der Waals surface area contributed by atoms with Crippen LogP contribution in [0.2, 0.25) is 0 Å². The molecule has 6 nitrogen and oxygen atoms in total. The van der Waals surface area contributed by atoms with Crippen molar-refractivity contribution in [2.24, 2.45) is 5.90 Å². The first-order chi connectivity index (χ1) is 17.1. The molecule has 0 heterocycles. The maximum atomic E-state index is 9.81. The van der Waals surface area contributed by atoms with Crippen molar-refractivity contribution in [1.82, 2.24) is 4.90 Å². The van der Waals surface area contributed by atoms with Crippen LogP contribution in [0.3, 0.4) is 0 Å². The molecule has 186 valence electrons. The third-order valence-electron chi connectivity index (χ3n) is 5.78. The molecule has 0 saturated heterocycles. The van der Waals surface area contributed by atoms with Gasteiger partial charge in [-0.05, 0) is 65.6 Å². The Hall–Kier alpha value is -3.16. The maximum Gasteiger partial charge on any atom is 0.119 e. The number of aromatic hydroxyl groups is 1. The van der Waals surface area contributed by atoms with E-state index in [1.54, 1.807) is 12.1 Å². The Morgan fingerprint density at radius 2 is 1.40 bits per heavy atom. The molecule has 3 N–H and O–H groups in total. The average molecular weight is 477 g/mol. The summed E-state index contributed by atoms with van der Waals surface area (Å²) in [6.07, 6.45) is 0.883. The van der Waals surface area contributed by atoms with Crippen molar-refractivity contribution in [2.75, 3.05) is 46.6 Å². The molecule has 0 aliphatic heterocycles. The van der Waals surface area contributed by atoms with Gasteiger partial charge in [-0.25, -0.2) is 5.90 Å². The molecule has 0 aliphatic rings. The summed E-state index contributed by atoms with van der Waals surface area (Å²) in [5, 5.41) is 9.81. The lowest BCUT2D eigenvalue weighted by Gasteiger charge is -2.18. The van der Waals surface area contributed by atoms with E-state index < -0.39 is 0 Å². The minimum absolute atomic E-state index is 0.260. The number of hydrogen-bond donors (Lipinski definition) is 2. The number of allylic oxidation sites excluding steroid dienone is 1. The second kappa shape index (κ2) is 14.3. The number of phenols is 1. The lowest BCUT2D eigenvalue weighted by atomic mass is 9.88. The molecule has 0 saturated carbocycles. The van der Waals surface area contributed by atoms with Crippen LogP contribution in [0.25, 0.3) is 11.1 Å². The topological polar surface area (TPSA) is 77.2 Å². The minimum Gasteiger partial charge on any atom is -0.508 e. The van der Waals surface area contributed by atoms with Crippen LogP contribution in [-0.2, 0) is 9.57 Å². The predicted octanol–water partition coefficient (Wildman–Crippen LogP) is 4.98. The van der Waals surface area contributed by atoms with E-state index in [2.05, 4.69) is 53.1 Å². The van der Waals surface area contributed by atoms with E-state index in [0.717, 1.165) is 42.0 Å². The van der Waals surface area contributed by atoms with Crippen molar-refractivity contribution in [3.05, 3.63) is 95.6 Å². The first-order valence-electron chi connectivity index (χ1n) is 12.0. The van der Waals surface area contributed by atoms with Crippen LogP contribution in [0, 0.1) is 0 Å². The molecule has 6 heteroatoms. The van der Waals surface area contributed by atoms with Gasteiger partial charge in [-0.3, -0.25) is 0 Å². The van der Waals surface area contributed by atoms with Crippen molar-refractivity contribution in [3.8, 4) is 11.5 Å². The minimum atomic E-state index is 0.260. The van der Waals surface area contributed by atoms with Gasteiger partial charge in [-0.15, -0.1) is 0 Å². The van der Waals surface area contributed by atoms with Gasteiger partial charge in [0.25, 0.3) is 0 Å². The summed E-state index contributed by atoms with van der Waals surface area (Å²) in [4.78, 5) is 6.65. The number of nitrogens with zero attached hydrogens (tertiary/aromatic N) is 1. The largest absolute Gasteiger partial charge is 0.508 e. The molecule has 35 heavy (non-hydrogen) atoms. The lowest BCUT2D eigenvalue weighted by molar-refractivity contribution is 0.0399. The van der Waals surface area contributed by atoms with E-state index in [1.807, 2.05) is 37.4 Å². The number of likely N-dealkylation sites (N-methyl/N-ethyl adjacent to an activating group) is 1. The molecule has 0 fully saturated rings. The fourth-order valence-corrected chi connectivity index (χ4v) is 3.89. The summed E-state index contributed by atoms with van der Waals surface area (Å²) >= 11 is 0. The number of hydrogen-bond acceptors (Lipinski definition) is 6. The highest BCUT2D eigenvalue weighted by Gasteiger charge is 2.13. The SMILES string of the molecule is CC/C(=C(/c1ccc(O)cc1)c1ccc(OCCN(C)CCOCCON)cc1)c1ccccc1. The van der Waals surface area contributed by atoms with Crippen LogP contribution in [0.4, 0.5) is 0 Å². The number of ether oxygens (including phenoxy) is 2. The van der Waals surface area contributed by atoms with E-state index >= 15 is 0 Å². The van der Waals surface area contributed by atoms with E-state index in [-0.39, 0.29) is 5.75 Å². The Kier molecular flexibility index (Phi) is 10.8. The van der Waals surface area contributed by atoms with Gasteiger partial charge in [0, 0.05) is 13.1 Å². The second-order valence-corrected chi connectivity index (χ2v) is 8.28. The van der Waals surface area contributed by atoms with E-state index in [9.17, 15) is 5.11 Å². The highest BCUT2D eigenvalue weighted by molar-refractivity contribution is 5.98. The summed E-state index contributed by atoms with van der Waals surface area (Å²) in [6, 6.07) is 26.1. The molecular formula is C29H36N2O4. The van der Waals surface area contributed by atoms with Crippen LogP contribution >= 0.6 is 0 Å². The van der Waals surface area contributed by atoms with Gasteiger partial charge >= 0.3 is 0 Å². The molecule has 0 atom stereocenters. The van der Waals surface area contributed by atoms with Crippen LogP contribution in [0.1, 0.15) is 30.0 Å². The third-order valence-corrected chi connectivity index (χ3v) is 5.78. The molecule has 3 aromatic carbocycles.